The third-order valence-electron chi connectivity index (χ3n) is 2.56. The molecule has 0 fully saturated rings. The molecule has 0 aliphatic rings. The Kier molecular flexibility index (Phi) is 3.46. The van der Waals surface area contributed by atoms with Gasteiger partial charge in [0.25, 0.3) is 0 Å². The van der Waals surface area contributed by atoms with Crippen LogP contribution in [0.5, 0.6) is 5.75 Å². The lowest BCUT2D eigenvalue weighted by Crippen LogP contribution is -1.83. The average molecular weight is 479 g/mol. The van der Waals surface area contributed by atoms with Crippen LogP contribution < -0.4 is 0 Å². The first-order valence-electron chi connectivity index (χ1n) is 5.19. The van der Waals surface area contributed by atoms with Gasteiger partial charge in [0.05, 0.1) is 17.4 Å². The molecule has 0 saturated carbocycles. The molecule has 1 heterocycles. The lowest BCUT2D eigenvalue weighted by atomic mass is 10.2. The first-order valence-corrected chi connectivity index (χ1v) is 8.16. The number of hydrogen-bond donors (Lipinski definition) is 1. The van der Waals surface area contributed by atoms with Crippen LogP contribution in [0.1, 0.15) is 0 Å². The van der Waals surface area contributed by atoms with Crippen molar-refractivity contribution in [2.24, 2.45) is 0 Å². The summed E-state index contributed by atoms with van der Waals surface area (Å²) in [6.45, 7) is 0. The molecule has 90 valence electrons. The molecule has 3 rings (SSSR count). The van der Waals surface area contributed by atoms with Crippen molar-refractivity contribution in [2.45, 2.75) is 0 Å². The van der Waals surface area contributed by atoms with E-state index in [1.54, 1.807) is 11.3 Å². The topological polar surface area (TPSA) is 33.1 Å². The van der Waals surface area contributed by atoms with Crippen LogP contribution in [-0.2, 0) is 0 Å². The van der Waals surface area contributed by atoms with E-state index in [0.717, 1.165) is 23.2 Å². The van der Waals surface area contributed by atoms with E-state index in [9.17, 15) is 5.11 Å². The Morgan fingerprint density at radius 2 is 1.72 bits per heavy atom. The van der Waals surface area contributed by atoms with Crippen molar-refractivity contribution in [1.29, 1.82) is 0 Å². The van der Waals surface area contributed by atoms with E-state index in [4.69, 9.17) is 0 Å². The van der Waals surface area contributed by atoms with Crippen molar-refractivity contribution in [3.05, 3.63) is 43.5 Å². The number of thiazole rings is 1. The number of rotatable bonds is 1. The van der Waals surface area contributed by atoms with Gasteiger partial charge in [-0.15, -0.1) is 11.3 Å². The number of phenolic OH excluding ortho intramolecular Hbond substituents is 1. The summed E-state index contributed by atoms with van der Waals surface area (Å²) in [5.41, 5.74) is 2.08. The minimum atomic E-state index is 0.348. The lowest BCUT2D eigenvalue weighted by molar-refractivity contribution is 0.468. The number of aromatic nitrogens is 1. The monoisotopic (exact) mass is 479 g/mol. The Labute approximate surface area is 135 Å². The van der Waals surface area contributed by atoms with Crippen molar-refractivity contribution in [3.63, 3.8) is 0 Å². The van der Waals surface area contributed by atoms with Crippen molar-refractivity contribution in [1.82, 2.24) is 4.98 Å². The van der Waals surface area contributed by atoms with Crippen molar-refractivity contribution in [3.8, 4) is 16.3 Å². The number of hydrogen-bond acceptors (Lipinski definition) is 3. The quantitative estimate of drug-likeness (QED) is 0.506. The number of benzene rings is 2. The molecule has 2 aromatic carbocycles. The fourth-order valence-electron chi connectivity index (χ4n) is 1.68. The van der Waals surface area contributed by atoms with Gasteiger partial charge in [-0.2, -0.15) is 0 Å². The predicted molar refractivity (Wildman–Crippen MR) is 92.2 cm³/mol. The number of nitrogens with zero attached hydrogens (tertiary/aromatic N) is 1. The second-order valence-electron chi connectivity index (χ2n) is 3.78. The van der Waals surface area contributed by atoms with E-state index in [1.165, 1.54) is 4.70 Å². The molecule has 0 unspecified atom stereocenters. The SMILES string of the molecule is Oc1c(I)cc(-c2nc3ccccc3s2)cc1I. The number of para-hydroxylation sites is 1. The molecule has 3 aromatic rings. The summed E-state index contributed by atoms with van der Waals surface area (Å²) in [6.07, 6.45) is 0. The Balaban J connectivity index is 2.20. The van der Waals surface area contributed by atoms with E-state index in [2.05, 4.69) is 56.2 Å². The van der Waals surface area contributed by atoms with E-state index < -0.39 is 0 Å². The van der Waals surface area contributed by atoms with E-state index in [-0.39, 0.29) is 0 Å². The van der Waals surface area contributed by atoms with Crippen molar-refractivity contribution in [2.75, 3.05) is 0 Å². The van der Waals surface area contributed by atoms with Gasteiger partial charge in [0.2, 0.25) is 0 Å². The van der Waals surface area contributed by atoms with Crippen LogP contribution in [-0.4, -0.2) is 10.1 Å². The van der Waals surface area contributed by atoms with Crippen LogP contribution in [0.4, 0.5) is 0 Å². The second-order valence-corrected chi connectivity index (χ2v) is 7.13. The maximum Gasteiger partial charge on any atom is 0.142 e. The highest BCUT2D eigenvalue weighted by atomic mass is 127. The highest BCUT2D eigenvalue weighted by Crippen LogP contribution is 2.35. The van der Waals surface area contributed by atoms with Gasteiger partial charge in [0.1, 0.15) is 10.8 Å². The molecule has 0 aliphatic heterocycles. The van der Waals surface area contributed by atoms with Crippen LogP contribution >= 0.6 is 56.5 Å². The second kappa shape index (κ2) is 4.93. The highest BCUT2D eigenvalue weighted by Gasteiger charge is 2.10. The zero-order chi connectivity index (χ0) is 12.7. The van der Waals surface area contributed by atoms with Gasteiger partial charge in [0.15, 0.2) is 0 Å². The van der Waals surface area contributed by atoms with Gasteiger partial charge in [-0.1, -0.05) is 12.1 Å². The smallest absolute Gasteiger partial charge is 0.142 e. The standard InChI is InChI=1S/C13H7I2NOS/c14-8-5-7(6-9(15)12(8)17)13-16-10-3-1-2-4-11(10)18-13/h1-6,17H. The minimum Gasteiger partial charge on any atom is -0.506 e. The molecule has 0 aliphatic carbocycles. The summed E-state index contributed by atoms with van der Waals surface area (Å²) in [4.78, 5) is 4.63. The molecule has 18 heavy (non-hydrogen) atoms. The molecule has 0 bridgehead atoms. The van der Waals surface area contributed by atoms with Crippen LogP contribution in [0.25, 0.3) is 20.8 Å². The van der Waals surface area contributed by atoms with E-state index in [1.807, 2.05) is 30.3 Å². The zero-order valence-corrected chi connectivity index (χ0v) is 14.2. The molecule has 0 radical (unpaired) electrons. The van der Waals surface area contributed by atoms with Crippen LogP contribution in [0.3, 0.4) is 0 Å². The fraction of sp³-hybridized carbons (Fsp3) is 0. The molecule has 1 N–H and O–H groups in total. The van der Waals surface area contributed by atoms with Gasteiger partial charge < -0.3 is 5.11 Å². The van der Waals surface area contributed by atoms with Gasteiger partial charge in [-0.3, -0.25) is 0 Å². The Bertz CT molecular complexity index is 683. The molecule has 2 nitrogen and oxygen atoms in total. The summed E-state index contributed by atoms with van der Waals surface area (Å²) in [6, 6.07) is 12.1. The summed E-state index contributed by atoms with van der Waals surface area (Å²) in [5.74, 6) is 0.348. The minimum absolute atomic E-state index is 0.348. The maximum atomic E-state index is 9.79. The van der Waals surface area contributed by atoms with Crippen molar-refractivity contribution < 1.29 is 5.11 Å². The predicted octanol–water partition coefficient (Wildman–Crippen LogP) is 4.88. The molecule has 1 aromatic heterocycles. The number of fused-ring (bicyclic) bond motifs is 1. The lowest BCUT2D eigenvalue weighted by Gasteiger charge is -2.03. The third-order valence-corrected chi connectivity index (χ3v) is 5.29. The van der Waals surface area contributed by atoms with Crippen LogP contribution in [0.15, 0.2) is 36.4 Å². The molecule has 0 amide bonds. The van der Waals surface area contributed by atoms with E-state index in [0.29, 0.717) is 5.75 Å². The van der Waals surface area contributed by atoms with E-state index >= 15 is 0 Å². The molecule has 0 saturated heterocycles. The fourth-order valence-corrected chi connectivity index (χ4v) is 4.41. The Hall–Kier alpha value is -0.410. The average Bonchev–Trinajstić information content (AvgIpc) is 2.79. The van der Waals surface area contributed by atoms with Crippen LogP contribution in [0.2, 0.25) is 0 Å². The Morgan fingerprint density at radius 3 is 2.39 bits per heavy atom. The summed E-state index contributed by atoms with van der Waals surface area (Å²) in [5, 5.41) is 10.8. The molecular formula is C13H7I2NOS. The highest BCUT2D eigenvalue weighted by molar-refractivity contribution is 14.1. The first kappa shape index (κ1) is 12.6. The van der Waals surface area contributed by atoms with Crippen LogP contribution in [0, 0.1) is 7.14 Å². The molecule has 0 spiro atoms. The maximum absolute atomic E-state index is 9.79. The number of aromatic hydroxyl groups is 1. The third kappa shape index (κ3) is 2.23. The molecule has 0 atom stereocenters. The number of phenols is 1. The summed E-state index contributed by atoms with van der Waals surface area (Å²) < 4.78 is 2.90. The van der Waals surface area contributed by atoms with Crippen molar-refractivity contribution >= 4 is 66.7 Å². The van der Waals surface area contributed by atoms with Gasteiger partial charge in [-0.25, -0.2) is 4.98 Å². The normalized spacial score (nSPS) is 11.0. The van der Waals surface area contributed by atoms with Gasteiger partial charge in [-0.05, 0) is 69.4 Å². The molecule has 5 heteroatoms. The number of halogens is 2. The Morgan fingerprint density at radius 1 is 1.06 bits per heavy atom. The van der Waals surface area contributed by atoms with Gasteiger partial charge in [0, 0.05) is 5.56 Å². The molecular weight excluding hydrogens is 472 g/mol. The zero-order valence-electron chi connectivity index (χ0n) is 9.02. The first-order chi connectivity index (χ1) is 8.65. The van der Waals surface area contributed by atoms with Gasteiger partial charge >= 0.3 is 0 Å². The summed E-state index contributed by atoms with van der Waals surface area (Å²) >= 11 is 5.96. The largest absolute Gasteiger partial charge is 0.506 e. The summed E-state index contributed by atoms with van der Waals surface area (Å²) in [7, 11) is 0.